The van der Waals surface area contributed by atoms with Crippen LogP contribution in [-0.4, -0.2) is 33.5 Å². The van der Waals surface area contributed by atoms with Crippen molar-refractivity contribution in [3.63, 3.8) is 0 Å². The largest absolute Gasteiger partial charge is 0.494 e. The number of benzene rings is 1. The van der Waals surface area contributed by atoms with Crippen LogP contribution in [0.2, 0.25) is 0 Å². The lowest BCUT2D eigenvalue weighted by atomic mass is 10.1. The van der Waals surface area contributed by atoms with Crippen molar-refractivity contribution in [3.05, 3.63) is 23.5 Å². The van der Waals surface area contributed by atoms with Crippen molar-refractivity contribution in [3.8, 4) is 11.5 Å². The van der Waals surface area contributed by atoms with E-state index in [4.69, 9.17) is 14.2 Å². The maximum Gasteiger partial charge on any atom is 0.169 e. The number of methoxy groups -OCH3 is 2. The standard InChI is InChI=1S/C15H22FNO3/c1-18-6-3-7-20-13-8-11(10-17-12-4-5-12)15(16)14(9-13)19-2/h8-9,12,17H,3-7,10H2,1-2H3. The third kappa shape index (κ3) is 4.35. The molecule has 0 saturated heterocycles. The van der Waals surface area contributed by atoms with Gasteiger partial charge in [-0.1, -0.05) is 0 Å². The van der Waals surface area contributed by atoms with Crippen LogP contribution in [0.5, 0.6) is 11.5 Å². The van der Waals surface area contributed by atoms with Crippen LogP contribution in [0, 0.1) is 5.82 Å². The summed E-state index contributed by atoms with van der Waals surface area (Å²) in [7, 11) is 3.12. The summed E-state index contributed by atoms with van der Waals surface area (Å²) in [6, 6.07) is 3.86. The summed E-state index contributed by atoms with van der Waals surface area (Å²) < 4.78 is 29.8. The summed E-state index contributed by atoms with van der Waals surface area (Å²) in [5.74, 6) is 0.540. The Morgan fingerprint density at radius 1 is 1.25 bits per heavy atom. The maximum atomic E-state index is 14.1. The van der Waals surface area contributed by atoms with Gasteiger partial charge in [0.1, 0.15) is 5.75 Å². The molecule has 1 N–H and O–H groups in total. The van der Waals surface area contributed by atoms with E-state index in [0.29, 0.717) is 37.1 Å². The highest BCUT2D eigenvalue weighted by Gasteiger charge is 2.21. The van der Waals surface area contributed by atoms with E-state index in [0.717, 1.165) is 6.42 Å². The van der Waals surface area contributed by atoms with Crippen LogP contribution in [0.4, 0.5) is 4.39 Å². The van der Waals surface area contributed by atoms with E-state index in [1.807, 2.05) is 0 Å². The quantitative estimate of drug-likeness (QED) is 0.707. The fourth-order valence-electron chi connectivity index (χ4n) is 1.92. The first-order valence-corrected chi connectivity index (χ1v) is 6.96. The molecule has 0 aromatic heterocycles. The average molecular weight is 283 g/mol. The van der Waals surface area contributed by atoms with Gasteiger partial charge in [-0.3, -0.25) is 0 Å². The minimum absolute atomic E-state index is 0.224. The molecule has 5 heteroatoms. The lowest BCUT2D eigenvalue weighted by Crippen LogP contribution is -2.16. The molecule has 1 aliphatic rings. The summed E-state index contributed by atoms with van der Waals surface area (Å²) in [6.07, 6.45) is 3.14. The number of nitrogens with one attached hydrogen (secondary N) is 1. The van der Waals surface area contributed by atoms with E-state index in [-0.39, 0.29) is 11.6 Å². The lowest BCUT2D eigenvalue weighted by molar-refractivity contribution is 0.172. The summed E-state index contributed by atoms with van der Waals surface area (Å²) in [6.45, 7) is 1.69. The number of hydrogen-bond donors (Lipinski definition) is 1. The van der Waals surface area contributed by atoms with Crippen LogP contribution in [0.15, 0.2) is 12.1 Å². The lowest BCUT2D eigenvalue weighted by Gasteiger charge is -2.13. The first-order valence-electron chi connectivity index (χ1n) is 6.96. The minimum Gasteiger partial charge on any atom is -0.494 e. The second-order valence-corrected chi connectivity index (χ2v) is 4.95. The molecule has 0 heterocycles. The predicted octanol–water partition coefficient (Wildman–Crippen LogP) is 2.50. The van der Waals surface area contributed by atoms with E-state index in [1.165, 1.54) is 20.0 Å². The molecule has 1 aromatic rings. The highest BCUT2D eigenvalue weighted by molar-refractivity contribution is 5.40. The zero-order valence-corrected chi connectivity index (χ0v) is 12.1. The molecule has 0 bridgehead atoms. The first-order chi connectivity index (χ1) is 9.74. The Labute approximate surface area is 119 Å². The Morgan fingerprint density at radius 3 is 2.70 bits per heavy atom. The van der Waals surface area contributed by atoms with Crippen LogP contribution in [0.1, 0.15) is 24.8 Å². The van der Waals surface area contributed by atoms with Gasteiger partial charge in [0, 0.05) is 44.4 Å². The smallest absolute Gasteiger partial charge is 0.169 e. The Morgan fingerprint density at radius 2 is 2.05 bits per heavy atom. The SMILES string of the molecule is COCCCOc1cc(CNC2CC2)c(F)c(OC)c1. The molecule has 0 radical (unpaired) electrons. The van der Waals surface area contributed by atoms with Crippen molar-refractivity contribution in [2.45, 2.75) is 31.8 Å². The van der Waals surface area contributed by atoms with Gasteiger partial charge in [0.25, 0.3) is 0 Å². The molecule has 1 saturated carbocycles. The van der Waals surface area contributed by atoms with Crippen LogP contribution >= 0.6 is 0 Å². The number of ether oxygens (including phenoxy) is 3. The van der Waals surface area contributed by atoms with Gasteiger partial charge in [0.15, 0.2) is 11.6 Å². The van der Waals surface area contributed by atoms with Crippen LogP contribution in [0.25, 0.3) is 0 Å². The van der Waals surface area contributed by atoms with Gasteiger partial charge in [-0.2, -0.15) is 0 Å². The maximum absolute atomic E-state index is 14.1. The van der Waals surface area contributed by atoms with Crippen LogP contribution in [-0.2, 0) is 11.3 Å². The van der Waals surface area contributed by atoms with Gasteiger partial charge in [0.05, 0.1) is 13.7 Å². The number of halogens is 1. The number of rotatable bonds is 9. The van der Waals surface area contributed by atoms with Crippen LogP contribution in [0.3, 0.4) is 0 Å². The molecular weight excluding hydrogens is 261 g/mol. The molecule has 20 heavy (non-hydrogen) atoms. The third-order valence-electron chi connectivity index (χ3n) is 3.23. The van der Waals surface area contributed by atoms with Crippen molar-refractivity contribution in [1.82, 2.24) is 5.32 Å². The van der Waals surface area contributed by atoms with Crippen LogP contribution < -0.4 is 14.8 Å². The van der Waals surface area contributed by atoms with Gasteiger partial charge in [-0.05, 0) is 18.9 Å². The topological polar surface area (TPSA) is 39.7 Å². The normalized spacial score (nSPS) is 14.3. The second-order valence-electron chi connectivity index (χ2n) is 4.95. The molecular formula is C15H22FNO3. The number of hydrogen-bond acceptors (Lipinski definition) is 4. The van der Waals surface area contributed by atoms with Gasteiger partial charge in [0.2, 0.25) is 0 Å². The molecule has 0 atom stereocenters. The molecule has 1 fully saturated rings. The molecule has 0 unspecified atom stereocenters. The van der Waals surface area contributed by atoms with E-state index in [2.05, 4.69) is 5.32 Å². The molecule has 4 nitrogen and oxygen atoms in total. The van der Waals surface area contributed by atoms with Crippen molar-refractivity contribution >= 4 is 0 Å². The average Bonchev–Trinajstić information content (AvgIpc) is 3.27. The highest BCUT2D eigenvalue weighted by Crippen LogP contribution is 2.28. The predicted molar refractivity (Wildman–Crippen MR) is 74.8 cm³/mol. The van der Waals surface area contributed by atoms with Gasteiger partial charge < -0.3 is 19.5 Å². The summed E-state index contributed by atoms with van der Waals surface area (Å²) in [5, 5.41) is 3.30. The first kappa shape index (κ1) is 15.1. The molecule has 0 amide bonds. The highest BCUT2D eigenvalue weighted by atomic mass is 19.1. The molecule has 2 rings (SSSR count). The van der Waals surface area contributed by atoms with E-state index in [9.17, 15) is 4.39 Å². The molecule has 1 aromatic carbocycles. The molecule has 0 aliphatic heterocycles. The Balaban J connectivity index is 2.00. The Kier molecular flexibility index (Phi) is 5.61. The van der Waals surface area contributed by atoms with Gasteiger partial charge in [-0.15, -0.1) is 0 Å². The van der Waals surface area contributed by atoms with E-state index >= 15 is 0 Å². The van der Waals surface area contributed by atoms with E-state index in [1.54, 1.807) is 19.2 Å². The summed E-state index contributed by atoms with van der Waals surface area (Å²) >= 11 is 0. The van der Waals surface area contributed by atoms with E-state index < -0.39 is 0 Å². The fourth-order valence-corrected chi connectivity index (χ4v) is 1.92. The van der Waals surface area contributed by atoms with Crippen molar-refractivity contribution in [2.75, 3.05) is 27.4 Å². The molecule has 0 spiro atoms. The van der Waals surface area contributed by atoms with Crippen molar-refractivity contribution in [2.24, 2.45) is 0 Å². The molecule has 112 valence electrons. The van der Waals surface area contributed by atoms with Gasteiger partial charge in [-0.25, -0.2) is 4.39 Å². The monoisotopic (exact) mass is 283 g/mol. The summed E-state index contributed by atoms with van der Waals surface area (Å²) in [5.41, 5.74) is 0.581. The zero-order chi connectivity index (χ0) is 14.4. The summed E-state index contributed by atoms with van der Waals surface area (Å²) in [4.78, 5) is 0. The Hall–Kier alpha value is -1.33. The molecule has 1 aliphatic carbocycles. The fraction of sp³-hybridized carbons (Fsp3) is 0.600. The zero-order valence-electron chi connectivity index (χ0n) is 12.1. The Bertz CT molecular complexity index is 435. The minimum atomic E-state index is -0.315. The van der Waals surface area contributed by atoms with Crippen molar-refractivity contribution in [1.29, 1.82) is 0 Å². The second kappa shape index (κ2) is 7.45. The van der Waals surface area contributed by atoms with Gasteiger partial charge >= 0.3 is 0 Å². The third-order valence-corrected chi connectivity index (χ3v) is 3.23. The van der Waals surface area contributed by atoms with Crippen molar-refractivity contribution < 1.29 is 18.6 Å².